The van der Waals surface area contributed by atoms with Crippen LogP contribution in [0.2, 0.25) is 0 Å². The third-order valence-corrected chi connectivity index (χ3v) is 2.69. The summed E-state index contributed by atoms with van der Waals surface area (Å²) in [6.07, 6.45) is 4.40. The van der Waals surface area contributed by atoms with Crippen LogP contribution in [-0.4, -0.2) is 28.1 Å². The summed E-state index contributed by atoms with van der Waals surface area (Å²) in [5, 5.41) is 12.0. The van der Waals surface area contributed by atoms with Crippen molar-refractivity contribution < 1.29 is 9.59 Å². The number of nitrogens with one attached hydrogen (secondary N) is 3. The van der Waals surface area contributed by atoms with Gasteiger partial charge in [0.25, 0.3) is 0 Å². The van der Waals surface area contributed by atoms with E-state index >= 15 is 0 Å². The number of carbonyl (C=O) groups excluding carboxylic acids is 2. The summed E-state index contributed by atoms with van der Waals surface area (Å²) in [7, 11) is 0. The van der Waals surface area contributed by atoms with Crippen molar-refractivity contribution in [3.63, 3.8) is 0 Å². The van der Waals surface area contributed by atoms with Gasteiger partial charge in [0, 0.05) is 18.2 Å². The highest BCUT2D eigenvalue weighted by atomic mass is 16.2. The fourth-order valence-corrected chi connectivity index (χ4v) is 1.71. The lowest BCUT2D eigenvalue weighted by atomic mass is 10.1. The van der Waals surface area contributed by atoms with Crippen molar-refractivity contribution >= 4 is 11.8 Å². The number of hydrogen-bond donors (Lipinski definition) is 3. The topological polar surface area (TPSA) is 86.9 Å². The van der Waals surface area contributed by atoms with Gasteiger partial charge in [0.1, 0.15) is 6.04 Å². The quantitative estimate of drug-likeness (QED) is 0.665. The number of hydrogen-bond acceptors (Lipinski definition) is 3. The lowest BCUT2D eigenvalue weighted by Crippen LogP contribution is -2.42. The Kier molecular flexibility index (Phi) is 2.89. The van der Waals surface area contributed by atoms with Crippen LogP contribution < -0.4 is 10.6 Å². The summed E-state index contributed by atoms with van der Waals surface area (Å²) in [4.78, 5) is 22.7. The van der Waals surface area contributed by atoms with Crippen molar-refractivity contribution in [2.45, 2.75) is 31.8 Å². The maximum atomic E-state index is 11.7. The molecule has 2 atom stereocenters. The van der Waals surface area contributed by atoms with Crippen LogP contribution in [-0.2, 0) is 9.59 Å². The van der Waals surface area contributed by atoms with Crippen LogP contribution in [0.1, 0.15) is 31.4 Å². The molecule has 16 heavy (non-hydrogen) atoms. The first kappa shape index (κ1) is 10.7. The first-order valence-electron chi connectivity index (χ1n) is 5.25. The van der Waals surface area contributed by atoms with Gasteiger partial charge in [-0.05, 0) is 13.3 Å². The Morgan fingerprint density at radius 2 is 2.50 bits per heavy atom. The molecule has 0 aliphatic carbocycles. The predicted molar refractivity (Wildman–Crippen MR) is 56.3 cm³/mol. The van der Waals surface area contributed by atoms with E-state index in [1.54, 1.807) is 12.4 Å². The Bertz CT molecular complexity index is 388. The van der Waals surface area contributed by atoms with E-state index in [9.17, 15) is 9.59 Å². The zero-order valence-corrected chi connectivity index (χ0v) is 8.99. The highest BCUT2D eigenvalue weighted by molar-refractivity contribution is 5.90. The summed E-state index contributed by atoms with van der Waals surface area (Å²) in [6.45, 7) is 1.87. The lowest BCUT2D eigenvalue weighted by Gasteiger charge is -2.15. The maximum Gasteiger partial charge on any atom is 0.243 e. The molecule has 0 bridgehead atoms. The van der Waals surface area contributed by atoms with Crippen LogP contribution in [0.3, 0.4) is 0 Å². The summed E-state index contributed by atoms with van der Waals surface area (Å²) in [5.74, 6) is -0.198. The van der Waals surface area contributed by atoms with E-state index in [0.29, 0.717) is 12.8 Å². The Labute approximate surface area is 92.8 Å². The van der Waals surface area contributed by atoms with Crippen molar-refractivity contribution in [2.75, 3.05) is 0 Å². The second-order valence-electron chi connectivity index (χ2n) is 3.92. The van der Waals surface area contributed by atoms with Crippen molar-refractivity contribution in [3.8, 4) is 0 Å². The maximum absolute atomic E-state index is 11.7. The third-order valence-electron chi connectivity index (χ3n) is 2.69. The van der Waals surface area contributed by atoms with Crippen LogP contribution >= 0.6 is 0 Å². The first-order chi connectivity index (χ1) is 7.66. The average molecular weight is 222 g/mol. The van der Waals surface area contributed by atoms with E-state index in [1.807, 2.05) is 6.92 Å². The van der Waals surface area contributed by atoms with E-state index in [0.717, 1.165) is 5.56 Å². The number of aromatic nitrogens is 2. The average Bonchev–Trinajstić information content (AvgIpc) is 2.87. The zero-order valence-electron chi connectivity index (χ0n) is 8.99. The molecule has 6 nitrogen and oxygen atoms in total. The Morgan fingerprint density at radius 1 is 1.69 bits per heavy atom. The molecule has 1 fully saturated rings. The summed E-state index contributed by atoms with van der Waals surface area (Å²) < 4.78 is 0. The Hall–Kier alpha value is -1.85. The molecular weight excluding hydrogens is 208 g/mol. The molecule has 86 valence electrons. The summed E-state index contributed by atoms with van der Waals surface area (Å²) in [6, 6.07) is -0.495. The second kappa shape index (κ2) is 4.34. The smallest absolute Gasteiger partial charge is 0.243 e. The van der Waals surface area contributed by atoms with Crippen LogP contribution in [0.4, 0.5) is 0 Å². The third kappa shape index (κ3) is 2.21. The number of H-pyrrole nitrogens is 1. The lowest BCUT2D eigenvalue weighted by molar-refractivity contribution is -0.126. The fraction of sp³-hybridized carbons (Fsp3) is 0.500. The van der Waals surface area contributed by atoms with Crippen molar-refractivity contribution in [1.29, 1.82) is 0 Å². The highest BCUT2D eigenvalue weighted by Crippen LogP contribution is 2.12. The van der Waals surface area contributed by atoms with Gasteiger partial charge < -0.3 is 10.6 Å². The zero-order chi connectivity index (χ0) is 11.5. The minimum absolute atomic E-state index is 0.0592. The minimum Gasteiger partial charge on any atom is -0.348 e. The normalized spacial score (nSPS) is 21.6. The van der Waals surface area contributed by atoms with Gasteiger partial charge in [-0.15, -0.1) is 0 Å². The van der Waals surface area contributed by atoms with E-state index in [1.165, 1.54) is 0 Å². The van der Waals surface area contributed by atoms with Crippen molar-refractivity contribution in [3.05, 3.63) is 18.0 Å². The monoisotopic (exact) mass is 222 g/mol. The van der Waals surface area contributed by atoms with Gasteiger partial charge in [0.2, 0.25) is 11.8 Å². The summed E-state index contributed by atoms with van der Waals surface area (Å²) >= 11 is 0. The molecule has 6 heteroatoms. The number of amides is 2. The molecule has 0 radical (unpaired) electrons. The molecule has 0 aromatic carbocycles. The van der Waals surface area contributed by atoms with E-state index in [4.69, 9.17) is 0 Å². The van der Waals surface area contributed by atoms with Gasteiger partial charge in [-0.25, -0.2) is 0 Å². The van der Waals surface area contributed by atoms with Crippen LogP contribution in [0.25, 0.3) is 0 Å². The number of nitrogens with zero attached hydrogens (tertiary/aromatic N) is 1. The molecular formula is C10H14N4O2. The fourth-order valence-electron chi connectivity index (χ4n) is 1.71. The van der Waals surface area contributed by atoms with Gasteiger partial charge >= 0.3 is 0 Å². The molecule has 3 N–H and O–H groups in total. The number of aromatic amines is 1. The molecule has 1 unspecified atom stereocenters. The molecule has 0 saturated carbocycles. The molecule has 1 aromatic rings. The van der Waals surface area contributed by atoms with Gasteiger partial charge in [0.15, 0.2) is 0 Å². The van der Waals surface area contributed by atoms with E-state index < -0.39 is 0 Å². The molecule has 1 aromatic heterocycles. The van der Waals surface area contributed by atoms with Gasteiger partial charge in [-0.3, -0.25) is 14.7 Å². The molecule has 2 amide bonds. The highest BCUT2D eigenvalue weighted by Gasteiger charge is 2.27. The van der Waals surface area contributed by atoms with E-state index in [2.05, 4.69) is 20.8 Å². The van der Waals surface area contributed by atoms with Crippen LogP contribution in [0, 0.1) is 0 Å². The molecule has 1 aliphatic rings. The molecule has 0 spiro atoms. The Morgan fingerprint density at radius 3 is 3.06 bits per heavy atom. The SMILES string of the molecule is CC(NC(=O)[C@H]1CCC(=O)N1)c1cn[nH]c1. The van der Waals surface area contributed by atoms with Gasteiger partial charge in [-0.2, -0.15) is 5.10 Å². The first-order valence-corrected chi connectivity index (χ1v) is 5.25. The van der Waals surface area contributed by atoms with E-state index in [-0.39, 0.29) is 23.9 Å². The Balaban J connectivity index is 1.90. The van der Waals surface area contributed by atoms with Gasteiger partial charge in [0.05, 0.1) is 12.2 Å². The summed E-state index contributed by atoms with van der Waals surface area (Å²) in [5.41, 5.74) is 0.915. The molecule has 1 aliphatic heterocycles. The second-order valence-corrected chi connectivity index (χ2v) is 3.92. The van der Waals surface area contributed by atoms with Crippen LogP contribution in [0.5, 0.6) is 0 Å². The van der Waals surface area contributed by atoms with Crippen molar-refractivity contribution in [2.24, 2.45) is 0 Å². The largest absolute Gasteiger partial charge is 0.348 e. The number of carbonyl (C=O) groups is 2. The van der Waals surface area contributed by atoms with Crippen LogP contribution in [0.15, 0.2) is 12.4 Å². The molecule has 2 rings (SSSR count). The van der Waals surface area contributed by atoms with Crippen molar-refractivity contribution in [1.82, 2.24) is 20.8 Å². The number of rotatable bonds is 3. The standard InChI is InChI=1S/C10H14N4O2/c1-6(7-4-11-12-5-7)13-10(16)8-2-3-9(15)14-8/h4-6,8H,2-3H2,1H3,(H,11,12)(H,13,16)(H,14,15)/t6?,8-/m1/s1. The molecule has 2 heterocycles. The molecule has 1 saturated heterocycles. The predicted octanol–water partition coefficient (Wildman–Crippen LogP) is -0.135. The van der Waals surface area contributed by atoms with Gasteiger partial charge in [-0.1, -0.05) is 0 Å². The minimum atomic E-state index is -0.387.